The van der Waals surface area contributed by atoms with Crippen LogP contribution in [-0.4, -0.2) is 15.0 Å². The van der Waals surface area contributed by atoms with E-state index in [1.807, 2.05) is 13.0 Å². The topological polar surface area (TPSA) is 72.2 Å². The second-order valence-corrected chi connectivity index (χ2v) is 7.41. The fraction of sp³-hybridized carbons (Fsp3) is 0.625. The maximum Gasteiger partial charge on any atom is 0.242 e. The molecule has 1 atom stereocenters. The third-order valence-electron chi connectivity index (χ3n) is 3.98. The Morgan fingerprint density at radius 1 is 1.19 bits per heavy atom. The van der Waals surface area contributed by atoms with Crippen LogP contribution in [0.1, 0.15) is 50.7 Å². The molecular weight excluding hydrogens is 284 g/mol. The van der Waals surface area contributed by atoms with Crippen LogP contribution in [0.25, 0.3) is 0 Å². The summed E-state index contributed by atoms with van der Waals surface area (Å²) in [5, 5.41) is 0. The van der Waals surface area contributed by atoms with Crippen LogP contribution in [0.5, 0.6) is 0 Å². The van der Waals surface area contributed by atoms with Crippen molar-refractivity contribution in [2.75, 3.05) is 12.3 Å². The molecule has 0 saturated heterocycles. The Hall–Kier alpha value is -1.07. The zero-order valence-electron chi connectivity index (χ0n) is 13.6. The smallest absolute Gasteiger partial charge is 0.242 e. The largest absolute Gasteiger partial charge is 0.397 e. The van der Waals surface area contributed by atoms with Gasteiger partial charge in [-0.2, -0.15) is 0 Å². The number of nitrogens with two attached hydrogens (primary N) is 1. The van der Waals surface area contributed by atoms with Gasteiger partial charge in [-0.15, -0.1) is 0 Å². The monoisotopic (exact) mass is 312 g/mol. The number of sulfonamides is 1. The second kappa shape index (κ2) is 7.80. The van der Waals surface area contributed by atoms with Crippen molar-refractivity contribution < 1.29 is 8.42 Å². The van der Waals surface area contributed by atoms with Crippen LogP contribution < -0.4 is 10.5 Å². The van der Waals surface area contributed by atoms with Gasteiger partial charge in [0.05, 0.1) is 5.69 Å². The highest BCUT2D eigenvalue weighted by molar-refractivity contribution is 7.89. The third-order valence-corrected chi connectivity index (χ3v) is 5.61. The van der Waals surface area contributed by atoms with Gasteiger partial charge in [0.15, 0.2) is 0 Å². The molecule has 0 fully saturated rings. The summed E-state index contributed by atoms with van der Waals surface area (Å²) in [6.07, 6.45) is 4.29. The number of aryl methyl sites for hydroxylation is 2. The molecule has 4 nitrogen and oxygen atoms in total. The van der Waals surface area contributed by atoms with E-state index < -0.39 is 10.0 Å². The number of nitrogens with one attached hydrogen (secondary N) is 1. The third kappa shape index (κ3) is 4.71. The fourth-order valence-electron chi connectivity index (χ4n) is 2.41. The Bertz CT molecular complexity index is 568. The summed E-state index contributed by atoms with van der Waals surface area (Å²) < 4.78 is 27.8. The molecule has 5 heteroatoms. The molecule has 0 spiro atoms. The average Bonchev–Trinajstić information content (AvgIpc) is 2.43. The van der Waals surface area contributed by atoms with Crippen molar-refractivity contribution in [3.05, 3.63) is 23.3 Å². The lowest BCUT2D eigenvalue weighted by molar-refractivity contribution is 0.443. The summed E-state index contributed by atoms with van der Waals surface area (Å²) in [5.74, 6) is 0.381. The van der Waals surface area contributed by atoms with Crippen LogP contribution in [0.15, 0.2) is 17.0 Å². The van der Waals surface area contributed by atoms with Gasteiger partial charge >= 0.3 is 0 Å². The number of anilines is 1. The molecule has 0 radical (unpaired) electrons. The Morgan fingerprint density at radius 3 is 2.38 bits per heavy atom. The zero-order chi connectivity index (χ0) is 16.0. The highest BCUT2D eigenvalue weighted by Gasteiger charge is 2.22. The van der Waals surface area contributed by atoms with E-state index in [0.29, 0.717) is 23.7 Å². The molecule has 3 N–H and O–H groups in total. The van der Waals surface area contributed by atoms with Crippen molar-refractivity contribution in [3.63, 3.8) is 0 Å². The van der Waals surface area contributed by atoms with E-state index in [-0.39, 0.29) is 4.90 Å². The predicted octanol–water partition coefficient (Wildman–Crippen LogP) is 3.38. The van der Waals surface area contributed by atoms with E-state index in [1.54, 1.807) is 13.0 Å². The van der Waals surface area contributed by atoms with Gasteiger partial charge in [-0.3, -0.25) is 0 Å². The molecule has 0 aliphatic rings. The number of rotatable bonds is 8. The standard InChI is InChI=1S/C16H28N2O2S/c1-5-7-8-14(6-2)11-18-21(19,20)16-13(4)10-9-12(3)15(16)17/h9-10,14,18H,5-8,11,17H2,1-4H3. The molecule has 0 aromatic heterocycles. The van der Waals surface area contributed by atoms with Crippen LogP contribution in [0.3, 0.4) is 0 Å². The SMILES string of the molecule is CCCCC(CC)CNS(=O)(=O)c1c(C)ccc(C)c1N. The minimum Gasteiger partial charge on any atom is -0.397 e. The number of hydrogen-bond acceptors (Lipinski definition) is 3. The molecule has 0 aliphatic heterocycles. The van der Waals surface area contributed by atoms with E-state index in [4.69, 9.17) is 5.73 Å². The summed E-state index contributed by atoms with van der Waals surface area (Å²) in [6, 6.07) is 3.65. The molecule has 0 heterocycles. The molecule has 0 aliphatic carbocycles. The summed E-state index contributed by atoms with van der Waals surface area (Å²) in [7, 11) is -3.55. The number of benzene rings is 1. The lowest BCUT2D eigenvalue weighted by Gasteiger charge is -2.17. The zero-order valence-corrected chi connectivity index (χ0v) is 14.4. The van der Waals surface area contributed by atoms with Gasteiger partial charge in [0.25, 0.3) is 0 Å². The number of hydrogen-bond donors (Lipinski definition) is 2. The first-order valence-corrected chi connectivity index (χ1v) is 9.17. The Balaban J connectivity index is 2.90. The van der Waals surface area contributed by atoms with Crippen molar-refractivity contribution in [1.29, 1.82) is 0 Å². The molecule has 0 bridgehead atoms. The van der Waals surface area contributed by atoms with E-state index in [9.17, 15) is 8.42 Å². The first-order chi connectivity index (χ1) is 9.83. The van der Waals surface area contributed by atoms with Crippen molar-refractivity contribution in [2.45, 2.75) is 58.3 Å². The van der Waals surface area contributed by atoms with Crippen molar-refractivity contribution in [2.24, 2.45) is 5.92 Å². The van der Waals surface area contributed by atoms with Crippen LogP contribution in [-0.2, 0) is 10.0 Å². The minimum atomic E-state index is -3.55. The number of nitrogen functional groups attached to an aromatic ring is 1. The fourth-order valence-corrected chi connectivity index (χ4v) is 3.95. The molecule has 21 heavy (non-hydrogen) atoms. The van der Waals surface area contributed by atoms with Crippen LogP contribution in [0.2, 0.25) is 0 Å². The van der Waals surface area contributed by atoms with Crippen molar-refractivity contribution >= 4 is 15.7 Å². The van der Waals surface area contributed by atoms with Crippen LogP contribution >= 0.6 is 0 Å². The molecule has 1 unspecified atom stereocenters. The Kier molecular flexibility index (Phi) is 6.68. The van der Waals surface area contributed by atoms with Gasteiger partial charge in [0.2, 0.25) is 10.0 Å². The number of unbranched alkanes of at least 4 members (excludes halogenated alkanes) is 1. The van der Waals surface area contributed by atoms with E-state index in [1.165, 1.54) is 0 Å². The van der Waals surface area contributed by atoms with Crippen molar-refractivity contribution in [1.82, 2.24) is 4.72 Å². The molecule has 0 saturated carbocycles. The predicted molar refractivity (Wildman–Crippen MR) is 88.8 cm³/mol. The lowest BCUT2D eigenvalue weighted by Crippen LogP contribution is -2.30. The summed E-state index contributed by atoms with van der Waals surface area (Å²) in [5.41, 5.74) is 7.80. The average molecular weight is 312 g/mol. The van der Waals surface area contributed by atoms with Crippen LogP contribution in [0.4, 0.5) is 5.69 Å². The molecule has 1 rings (SSSR count). The Labute approximate surface area is 129 Å². The van der Waals surface area contributed by atoms with E-state index >= 15 is 0 Å². The molecule has 120 valence electrons. The second-order valence-electron chi connectivity index (χ2n) is 5.71. The van der Waals surface area contributed by atoms with Crippen LogP contribution in [0, 0.1) is 19.8 Å². The first kappa shape index (κ1) is 18.0. The van der Waals surface area contributed by atoms with Gasteiger partial charge in [0.1, 0.15) is 4.90 Å². The molecule has 1 aromatic rings. The van der Waals surface area contributed by atoms with Gasteiger partial charge in [-0.25, -0.2) is 13.1 Å². The summed E-state index contributed by atoms with van der Waals surface area (Å²) in [4.78, 5) is 0.229. The lowest BCUT2D eigenvalue weighted by atomic mass is 10.00. The van der Waals surface area contributed by atoms with Crippen molar-refractivity contribution in [3.8, 4) is 0 Å². The maximum absolute atomic E-state index is 12.5. The van der Waals surface area contributed by atoms with Gasteiger partial charge in [-0.1, -0.05) is 45.2 Å². The highest BCUT2D eigenvalue weighted by atomic mass is 32.2. The van der Waals surface area contributed by atoms with E-state index in [0.717, 1.165) is 31.2 Å². The normalized spacial score (nSPS) is 13.3. The summed E-state index contributed by atoms with van der Waals surface area (Å²) in [6.45, 7) is 8.32. The first-order valence-electron chi connectivity index (χ1n) is 7.68. The summed E-state index contributed by atoms with van der Waals surface area (Å²) >= 11 is 0. The van der Waals surface area contributed by atoms with Gasteiger partial charge < -0.3 is 5.73 Å². The minimum absolute atomic E-state index is 0.229. The van der Waals surface area contributed by atoms with E-state index in [2.05, 4.69) is 18.6 Å². The maximum atomic E-state index is 12.5. The molecule has 1 aromatic carbocycles. The Morgan fingerprint density at radius 2 is 1.81 bits per heavy atom. The van der Waals surface area contributed by atoms with Gasteiger partial charge in [-0.05, 0) is 37.3 Å². The highest BCUT2D eigenvalue weighted by Crippen LogP contribution is 2.26. The molecular formula is C16H28N2O2S. The van der Waals surface area contributed by atoms with Gasteiger partial charge in [0, 0.05) is 6.54 Å². The quantitative estimate of drug-likeness (QED) is 0.723. The molecule has 0 amide bonds.